The van der Waals surface area contributed by atoms with Gasteiger partial charge < -0.3 is 29.1 Å². The molecule has 1 aromatic carbocycles. The number of benzene rings is 1. The number of aromatic hydroxyl groups is 1. The molecule has 0 radical (unpaired) electrons. The normalized spacial score (nSPS) is 11.2. The summed E-state index contributed by atoms with van der Waals surface area (Å²) in [4.78, 5) is 0. The summed E-state index contributed by atoms with van der Waals surface area (Å²) in [6.45, 7) is 6.90. The minimum atomic E-state index is -0.955. The zero-order valence-electron chi connectivity index (χ0n) is 14.7. The van der Waals surface area contributed by atoms with Crippen LogP contribution < -0.4 is 24.0 Å². The maximum atomic E-state index is 10.2. The van der Waals surface area contributed by atoms with Crippen LogP contribution in [0.25, 0.3) is 0 Å². The SMILES string of the molecule is CCCC[P+](CCCC)(CCCC)Cc1ccccc1O.[I-]. The van der Waals surface area contributed by atoms with Crippen LogP contribution in [0.15, 0.2) is 24.3 Å². The third kappa shape index (κ3) is 7.64. The standard InChI is InChI=1S/C19H33OP.HI/c1-4-7-14-21(15-8-5-2,16-9-6-3)17-18-12-10-11-13-19(18)20;/h10-13H,4-9,14-17H2,1-3H3;1H. The number of phenolic OH excluding ortho intramolecular Hbond substituents is 1. The van der Waals surface area contributed by atoms with Crippen molar-refractivity contribution in [1.29, 1.82) is 0 Å². The van der Waals surface area contributed by atoms with Crippen LogP contribution in [0.4, 0.5) is 0 Å². The molecule has 0 spiro atoms. The number of para-hydroxylation sites is 1. The molecule has 0 amide bonds. The van der Waals surface area contributed by atoms with Gasteiger partial charge in [-0.2, -0.15) is 0 Å². The minimum Gasteiger partial charge on any atom is -1.00 e. The summed E-state index contributed by atoms with van der Waals surface area (Å²) in [5.74, 6) is 0.506. The minimum absolute atomic E-state index is 0. The molecular weight excluding hydrogens is 402 g/mol. The third-order valence-corrected chi connectivity index (χ3v) is 9.26. The summed E-state index contributed by atoms with van der Waals surface area (Å²) in [6.07, 6.45) is 13.3. The molecule has 1 nitrogen and oxygen atoms in total. The Balaban J connectivity index is 0.00000441. The molecule has 3 heteroatoms. The van der Waals surface area contributed by atoms with Crippen LogP contribution in [0, 0.1) is 0 Å². The van der Waals surface area contributed by atoms with Gasteiger partial charge in [-0.05, 0) is 25.3 Å². The maximum Gasteiger partial charge on any atom is 0.122 e. The molecule has 0 fully saturated rings. The molecule has 0 aromatic heterocycles. The highest BCUT2D eigenvalue weighted by Gasteiger charge is 2.36. The molecule has 1 aromatic rings. The van der Waals surface area contributed by atoms with Crippen molar-refractivity contribution in [3.8, 4) is 5.75 Å². The number of hydrogen-bond acceptors (Lipinski definition) is 1. The van der Waals surface area contributed by atoms with E-state index in [-0.39, 0.29) is 24.0 Å². The number of rotatable bonds is 11. The fraction of sp³-hybridized carbons (Fsp3) is 0.684. The molecule has 1 rings (SSSR count). The molecule has 0 unspecified atom stereocenters. The van der Waals surface area contributed by atoms with Crippen LogP contribution in [0.1, 0.15) is 64.9 Å². The molecule has 0 saturated heterocycles. The van der Waals surface area contributed by atoms with Gasteiger partial charge in [-0.1, -0.05) is 58.2 Å². The van der Waals surface area contributed by atoms with E-state index in [1.807, 2.05) is 12.1 Å². The topological polar surface area (TPSA) is 20.2 Å². The predicted octanol–water partition coefficient (Wildman–Crippen LogP) is 3.31. The molecule has 0 saturated carbocycles. The van der Waals surface area contributed by atoms with Gasteiger partial charge in [0.05, 0.1) is 24.6 Å². The van der Waals surface area contributed by atoms with Crippen LogP contribution in [-0.4, -0.2) is 23.6 Å². The average Bonchev–Trinajstić information content (AvgIpc) is 2.51. The molecule has 0 aliphatic heterocycles. The lowest BCUT2D eigenvalue weighted by atomic mass is 10.2. The molecule has 0 heterocycles. The Hall–Kier alpha value is 0.180. The molecule has 0 atom stereocenters. The monoisotopic (exact) mass is 436 g/mol. The maximum absolute atomic E-state index is 10.2. The number of unbranched alkanes of at least 4 members (excludes halogenated alkanes) is 3. The van der Waals surface area contributed by atoms with E-state index in [4.69, 9.17) is 0 Å². The van der Waals surface area contributed by atoms with Crippen molar-refractivity contribution >= 4 is 7.26 Å². The van der Waals surface area contributed by atoms with Gasteiger partial charge >= 0.3 is 0 Å². The van der Waals surface area contributed by atoms with Crippen molar-refractivity contribution in [2.24, 2.45) is 0 Å². The first kappa shape index (κ1) is 22.2. The Morgan fingerprint density at radius 3 is 1.68 bits per heavy atom. The van der Waals surface area contributed by atoms with E-state index >= 15 is 0 Å². The lowest BCUT2D eigenvalue weighted by molar-refractivity contribution is -0.00000569. The zero-order chi connectivity index (χ0) is 15.6. The van der Waals surface area contributed by atoms with Crippen molar-refractivity contribution in [1.82, 2.24) is 0 Å². The second-order valence-corrected chi connectivity index (χ2v) is 10.7. The Morgan fingerprint density at radius 1 is 0.818 bits per heavy atom. The zero-order valence-corrected chi connectivity index (χ0v) is 17.7. The largest absolute Gasteiger partial charge is 1.00 e. The van der Waals surface area contributed by atoms with Crippen LogP contribution in [-0.2, 0) is 6.16 Å². The van der Waals surface area contributed by atoms with Crippen molar-refractivity contribution in [2.75, 3.05) is 18.5 Å². The van der Waals surface area contributed by atoms with E-state index in [1.165, 1.54) is 62.6 Å². The molecule has 128 valence electrons. The quantitative estimate of drug-likeness (QED) is 0.417. The second kappa shape index (κ2) is 12.6. The van der Waals surface area contributed by atoms with Crippen molar-refractivity contribution < 1.29 is 29.1 Å². The summed E-state index contributed by atoms with van der Waals surface area (Å²) in [5, 5.41) is 10.2. The molecule has 1 N–H and O–H groups in total. The van der Waals surface area contributed by atoms with Gasteiger partial charge in [-0.25, -0.2) is 0 Å². The first-order valence-electron chi connectivity index (χ1n) is 8.79. The van der Waals surface area contributed by atoms with Crippen LogP contribution in [0.2, 0.25) is 0 Å². The van der Waals surface area contributed by atoms with Crippen LogP contribution in [0.5, 0.6) is 5.75 Å². The highest BCUT2D eigenvalue weighted by Crippen LogP contribution is 2.63. The number of halogens is 1. The molecule has 0 aliphatic rings. The van der Waals surface area contributed by atoms with Gasteiger partial charge in [-0.3, -0.25) is 0 Å². The van der Waals surface area contributed by atoms with E-state index in [2.05, 4.69) is 32.9 Å². The highest BCUT2D eigenvalue weighted by molar-refractivity contribution is 7.75. The Bertz CT molecular complexity index is 373. The molecule has 0 aliphatic carbocycles. The Kier molecular flexibility index (Phi) is 12.7. The third-order valence-electron chi connectivity index (χ3n) is 4.46. The lowest BCUT2D eigenvalue weighted by Crippen LogP contribution is -3.00. The van der Waals surface area contributed by atoms with Gasteiger partial charge in [0.2, 0.25) is 0 Å². The van der Waals surface area contributed by atoms with Crippen LogP contribution in [0.3, 0.4) is 0 Å². The first-order valence-corrected chi connectivity index (χ1v) is 11.3. The fourth-order valence-corrected chi connectivity index (χ4v) is 8.16. The summed E-state index contributed by atoms with van der Waals surface area (Å²) >= 11 is 0. The first-order chi connectivity index (χ1) is 10.2. The predicted molar refractivity (Wildman–Crippen MR) is 98.1 cm³/mol. The van der Waals surface area contributed by atoms with Gasteiger partial charge in [-0.15, -0.1) is 0 Å². The lowest BCUT2D eigenvalue weighted by Gasteiger charge is -2.28. The summed E-state index contributed by atoms with van der Waals surface area (Å²) in [5.41, 5.74) is 1.19. The second-order valence-electron chi connectivity index (χ2n) is 6.36. The van der Waals surface area contributed by atoms with E-state index < -0.39 is 7.26 Å². The molecule has 22 heavy (non-hydrogen) atoms. The Morgan fingerprint density at radius 2 is 1.27 bits per heavy atom. The average molecular weight is 436 g/mol. The summed E-state index contributed by atoms with van der Waals surface area (Å²) in [7, 11) is -0.955. The summed E-state index contributed by atoms with van der Waals surface area (Å²) < 4.78 is 0. The molecule has 0 bridgehead atoms. The summed E-state index contributed by atoms with van der Waals surface area (Å²) in [6, 6.07) is 7.99. The van der Waals surface area contributed by atoms with Gasteiger partial charge in [0.15, 0.2) is 0 Å². The van der Waals surface area contributed by atoms with Gasteiger partial charge in [0.1, 0.15) is 5.75 Å². The van der Waals surface area contributed by atoms with Gasteiger partial charge in [0.25, 0.3) is 0 Å². The van der Waals surface area contributed by atoms with E-state index in [1.54, 1.807) is 0 Å². The Labute approximate surface area is 155 Å². The van der Waals surface area contributed by atoms with Gasteiger partial charge in [0, 0.05) is 12.8 Å². The van der Waals surface area contributed by atoms with Crippen LogP contribution >= 0.6 is 7.26 Å². The van der Waals surface area contributed by atoms with E-state index in [0.29, 0.717) is 5.75 Å². The highest BCUT2D eigenvalue weighted by atomic mass is 127. The smallest absolute Gasteiger partial charge is 0.122 e. The fourth-order valence-electron chi connectivity index (χ4n) is 3.06. The van der Waals surface area contributed by atoms with Crippen molar-refractivity contribution in [3.63, 3.8) is 0 Å². The van der Waals surface area contributed by atoms with Crippen molar-refractivity contribution in [2.45, 2.75) is 65.5 Å². The van der Waals surface area contributed by atoms with E-state index in [0.717, 1.165) is 6.16 Å². The van der Waals surface area contributed by atoms with Crippen molar-refractivity contribution in [3.05, 3.63) is 29.8 Å². The number of phenols is 1. The molecular formula is C19H34IOP. The number of hydrogen-bond donors (Lipinski definition) is 1. The van der Waals surface area contributed by atoms with E-state index in [9.17, 15) is 5.11 Å².